The van der Waals surface area contributed by atoms with Crippen molar-refractivity contribution in [3.63, 3.8) is 0 Å². The van der Waals surface area contributed by atoms with Crippen LogP contribution in [0.25, 0.3) is 10.9 Å². The number of rotatable bonds is 2. The molecule has 1 aromatic heterocycles. The summed E-state index contributed by atoms with van der Waals surface area (Å²) in [4.78, 5) is 2.86. The van der Waals surface area contributed by atoms with Crippen LogP contribution in [0, 0.1) is 6.92 Å². The van der Waals surface area contributed by atoms with E-state index >= 15 is 0 Å². The highest BCUT2D eigenvalue weighted by molar-refractivity contribution is 5.84. The first kappa shape index (κ1) is 12.0. The molecule has 0 bridgehead atoms. The van der Waals surface area contributed by atoms with Gasteiger partial charge in [-0.1, -0.05) is 12.1 Å². The summed E-state index contributed by atoms with van der Waals surface area (Å²) in [6.45, 7) is 1.45. The number of aromatic amines is 1. The Hall–Kier alpha value is -1.49. The fourth-order valence-electron chi connectivity index (χ4n) is 1.99. The number of nitrogens with two attached hydrogens (primary N) is 1. The molecule has 0 saturated heterocycles. The molecule has 1 heterocycles. The van der Waals surface area contributed by atoms with Crippen LogP contribution in [-0.4, -0.2) is 17.7 Å². The van der Waals surface area contributed by atoms with Crippen LogP contribution in [0.3, 0.4) is 0 Å². The predicted molar refractivity (Wildman–Crippen MR) is 60.9 cm³/mol. The molecule has 0 spiro atoms. The summed E-state index contributed by atoms with van der Waals surface area (Å²) < 4.78 is 38.4. The summed E-state index contributed by atoms with van der Waals surface area (Å²) >= 11 is 0. The predicted octanol–water partition coefficient (Wildman–Crippen LogP) is 3.08. The number of aryl methyl sites for hydroxylation is 1. The zero-order valence-corrected chi connectivity index (χ0v) is 9.31. The van der Waals surface area contributed by atoms with E-state index in [-0.39, 0.29) is 5.56 Å². The summed E-state index contributed by atoms with van der Waals surface area (Å²) in [6, 6.07) is 5.32. The second-order valence-corrected chi connectivity index (χ2v) is 4.12. The van der Waals surface area contributed by atoms with Gasteiger partial charge in [0, 0.05) is 23.6 Å². The molecule has 0 saturated carbocycles. The average Bonchev–Trinajstić information content (AvgIpc) is 2.60. The van der Waals surface area contributed by atoms with Crippen molar-refractivity contribution in [1.82, 2.24) is 4.98 Å². The normalized spacial score (nSPS) is 14.2. The van der Waals surface area contributed by atoms with Gasteiger partial charge in [0.1, 0.15) is 0 Å². The Balaban J connectivity index is 2.55. The quantitative estimate of drug-likeness (QED) is 0.834. The Kier molecular flexibility index (Phi) is 2.87. The number of benzene rings is 1. The largest absolute Gasteiger partial charge is 0.397 e. The van der Waals surface area contributed by atoms with Crippen molar-refractivity contribution in [2.24, 2.45) is 5.73 Å². The highest BCUT2D eigenvalue weighted by Crippen LogP contribution is 2.37. The number of alkyl halides is 3. The fourth-order valence-corrected chi connectivity index (χ4v) is 1.99. The number of hydrogen-bond acceptors (Lipinski definition) is 1. The van der Waals surface area contributed by atoms with Crippen molar-refractivity contribution in [2.45, 2.75) is 19.0 Å². The molecule has 0 aliphatic carbocycles. The van der Waals surface area contributed by atoms with Gasteiger partial charge in [-0.3, -0.25) is 0 Å². The molecule has 1 atom stereocenters. The van der Waals surface area contributed by atoms with Gasteiger partial charge in [0.2, 0.25) is 0 Å². The van der Waals surface area contributed by atoms with Crippen molar-refractivity contribution in [2.75, 3.05) is 6.54 Å². The molecule has 0 aliphatic rings. The van der Waals surface area contributed by atoms with Crippen LogP contribution in [0.15, 0.2) is 24.4 Å². The lowest BCUT2D eigenvalue weighted by Crippen LogP contribution is -2.27. The summed E-state index contributed by atoms with van der Waals surface area (Å²) in [6.07, 6.45) is -2.91. The van der Waals surface area contributed by atoms with E-state index in [9.17, 15) is 13.2 Å². The highest BCUT2D eigenvalue weighted by Gasteiger charge is 2.40. The number of fused-ring (bicyclic) bond motifs is 1. The van der Waals surface area contributed by atoms with Crippen molar-refractivity contribution in [3.05, 3.63) is 35.5 Å². The number of halogens is 3. The van der Waals surface area contributed by atoms with Crippen LogP contribution in [0.1, 0.15) is 17.0 Å². The molecule has 0 radical (unpaired) electrons. The summed E-state index contributed by atoms with van der Waals surface area (Å²) in [5, 5.41) is 0.586. The molecule has 92 valence electrons. The minimum Gasteiger partial charge on any atom is -0.361 e. The molecule has 2 rings (SSSR count). The third-order valence-corrected chi connectivity index (χ3v) is 2.88. The summed E-state index contributed by atoms with van der Waals surface area (Å²) in [7, 11) is 0. The summed E-state index contributed by atoms with van der Waals surface area (Å²) in [5.41, 5.74) is 7.17. The number of aromatic nitrogens is 1. The van der Waals surface area contributed by atoms with Crippen LogP contribution in [0.5, 0.6) is 0 Å². The molecule has 1 aromatic carbocycles. The van der Waals surface area contributed by atoms with Gasteiger partial charge in [-0.05, 0) is 24.1 Å². The minimum atomic E-state index is -4.31. The SMILES string of the molecule is Cc1ccc2c(C(CN)C(F)(F)F)c[nH]c2c1. The van der Waals surface area contributed by atoms with Crippen molar-refractivity contribution in [1.29, 1.82) is 0 Å². The number of hydrogen-bond donors (Lipinski definition) is 2. The van der Waals surface area contributed by atoms with Gasteiger partial charge in [0.25, 0.3) is 0 Å². The van der Waals surface area contributed by atoms with E-state index < -0.39 is 18.6 Å². The van der Waals surface area contributed by atoms with E-state index in [1.54, 1.807) is 12.1 Å². The molecule has 17 heavy (non-hydrogen) atoms. The maximum Gasteiger partial charge on any atom is 0.397 e. The van der Waals surface area contributed by atoms with E-state index in [4.69, 9.17) is 5.73 Å². The zero-order valence-electron chi connectivity index (χ0n) is 9.31. The van der Waals surface area contributed by atoms with Gasteiger partial charge in [0.05, 0.1) is 5.92 Å². The Morgan fingerprint density at radius 1 is 1.35 bits per heavy atom. The Morgan fingerprint density at radius 3 is 2.65 bits per heavy atom. The Labute approximate surface area is 96.6 Å². The Bertz CT molecular complexity index is 528. The Morgan fingerprint density at radius 2 is 2.06 bits per heavy atom. The first-order valence-electron chi connectivity index (χ1n) is 5.28. The van der Waals surface area contributed by atoms with E-state index in [0.717, 1.165) is 5.56 Å². The molecular weight excluding hydrogens is 229 g/mol. The van der Waals surface area contributed by atoms with Gasteiger partial charge in [0.15, 0.2) is 0 Å². The third-order valence-electron chi connectivity index (χ3n) is 2.88. The smallest absolute Gasteiger partial charge is 0.361 e. The topological polar surface area (TPSA) is 41.8 Å². The lowest BCUT2D eigenvalue weighted by Gasteiger charge is -2.17. The molecule has 1 unspecified atom stereocenters. The van der Waals surface area contributed by atoms with E-state index in [1.165, 1.54) is 6.20 Å². The molecule has 0 fully saturated rings. The zero-order chi connectivity index (χ0) is 12.6. The van der Waals surface area contributed by atoms with Gasteiger partial charge >= 0.3 is 6.18 Å². The number of nitrogens with one attached hydrogen (secondary N) is 1. The van der Waals surface area contributed by atoms with Crippen LogP contribution >= 0.6 is 0 Å². The molecule has 2 nitrogen and oxygen atoms in total. The monoisotopic (exact) mass is 242 g/mol. The summed E-state index contributed by atoms with van der Waals surface area (Å²) in [5.74, 6) is -1.61. The van der Waals surface area contributed by atoms with Gasteiger partial charge in [-0.25, -0.2) is 0 Å². The van der Waals surface area contributed by atoms with Crippen molar-refractivity contribution >= 4 is 10.9 Å². The van der Waals surface area contributed by atoms with Gasteiger partial charge in [-0.2, -0.15) is 13.2 Å². The molecule has 2 aromatic rings. The average molecular weight is 242 g/mol. The van der Waals surface area contributed by atoms with E-state index in [1.807, 2.05) is 13.0 Å². The molecule has 0 amide bonds. The van der Waals surface area contributed by atoms with Crippen LogP contribution in [0.4, 0.5) is 13.2 Å². The third kappa shape index (κ3) is 2.15. The minimum absolute atomic E-state index is 0.218. The second kappa shape index (κ2) is 4.07. The lowest BCUT2D eigenvalue weighted by molar-refractivity contribution is -0.147. The van der Waals surface area contributed by atoms with E-state index in [0.29, 0.717) is 10.9 Å². The molecule has 3 N–H and O–H groups in total. The van der Waals surface area contributed by atoms with Crippen LogP contribution in [0.2, 0.25) is 0 Å². The van der Waals surface area contributed by atoms with Crippen molar-refractivity contribution in [3.8, 4) is 0 Å². The first-order valence-corrected chi connectivity index (χ1v) is 5.28. The van der Waals surface area contributed by atoms with Crippen LogP contribution in [-0.2, 0) is 0 Å². The van der Waals surface area contributed by atoms with Crippen molar-refractivity contribution < 1.29 is 13.2 Å². The fraction of sp³-hybridized carbons (Fsp3) is 0.333. The van der Waals surface area contributed by atoms with Gasteiger partial charge in [-0.15, -0.1) is 0 Å². The van der Waals surface area contributed by atoms with Crippen LogP contribution < -0.4 is 5.73 Å². The highest BCUT2D eigenvalue weighted by atomic mass is 19.4. The van der Waals surface area contributed by atoms with E-state index in [2.05, 4.69) is 4.98 Å². The number of H-pyrrole nitrogens is 1. The molecule has 5 heteroatoms. The van der Waals surface area contributed by atoms with Gasteiger partial charge < -0.3 is 10.7 Å². The lowest BCUT2D eigenvalue weighted by atomic mass is 9.97. The standard InChI is InChI=1S/C12H13F3N2/c1-7-2-3-8-9(6-17-11(8)4-7)10(5-16)12(13,14)15/h2-4,6,10,17H,5,16H2,1H3. The first-order chi connectivity index (χ1) is 7.93. The maximum absolute atomic E-state index is 12.8. The molecule has 0 aliphatic heterocycles. The second-order valence-electron chi connectivity index (χ2n) is 4.12. The maximum atomic E-state index is 12.8. The molecular formula is C12H13F3N2.